The van der Waals surface area contributed by atoms with Gasteiger partial charge in [0.2, 0.25) is 0 Å². The molecule has 0 aliphatic rings. The van der Waals surface area contributed by atoms with Crippen LogP contribution >= 0.6 is 0 Å². The zero-order chi connectivity index (χ0) is 51.6. The first-order valence-corrected chi connectivity index (χ1v) is 28.3. The quantitative estimate of drug-likeness (QED) is 0.0274. The summed E-state index contributed by atoms with van der Waals surface area (Å²) in [6, 6.07) is 0. The van der Waals surface area contributed by atoms with Gasteiger partial charge in [0, 0.05) is 19.4 Å². The van der Waals surface area contributed by atoms with Gasteiger partial charge in [-0.3, -0.25) is 9.59 Å². The van der Waals surface area contributed by atoms with Crippen LogP contribution in [-0.2, 0) is 38.0 Å². The summed E-state index contributed by atoms with van der Waals surface area (Å²) in [4.78, 5) is 27.8. The summed E-state index contributed by atoms with van der Waals surface area (Å²) >= 11 is 0. The number of esters is 2. The molecule has 0 heterocycles. The number of nitrogens with zero attached hydrogens (tertiary/aromatic N) is 1. The second-order valence-corrected chi connectivity index (χ2v) is 17.8. The molecule has 0 fully saturated rings. The third-order valence-corrected chi connectivity index (χ3v) is 11.3. The number of allylic oxidation sites excluding steroid dienone is 12. The third-order valence-electron chi connectivity index (χ3n) is 11.3. The van der Waals surface area contributed by atoms with Crippen LogP contribution in [0.3, 0.4) is 0 Å². The lowest BCUT2D eigenvalue weighted by Crippen LogP contribution is -2.27. The fourth-order valence-corrected chi connectivity index (χ4v) is 7.19. The first kappa shape index (κ1) is 67.6. The lowest BCUT2D eigenvalue weighted by molar-refractivity contribution is -0.158. The van der Waals surface area contributed by atoms with E-state index in [9.17, 15) is 14.7 Å². The van der Waals surface area contributed by atoms with Crippen LogP contribution in [0.5, 0.6) is 0 Å². The highest BCUT2D eigenvalue weighted by molar-refractivity contribution is 5.69. The summed E-state index contributed by atoms with van der Waals surface area (Å²) in [6.45, 7) is 14.9. The van der Waals surface area contributed by atoms with Gasteiger partial charge in [-0.05, 0) is 135 Å². The molecule has 0 bridgehead atoms. The van der Waals surface area contributed by atoms with Crippen molar-refractivity contribution in [2.45, 2.75) is 214 Å². The van der Waals surface area contributed by atoms with Crippen LogP contribution in [0.1, 0.15) is 201 Å². The number of aliphatic hydroxyl groups is 1. The van der Waals surface area contributed by atoms with Crippen molar-refractivity contribution in [2.75, 3.05) is 65.9 Å². The number of ether oxygens (including phenoxy) is 6. The Kier molecular flexibility index (Phi) is 54.8. The van der Waals surface area contributed by atoms with Gasteiger partial charge in [0.25, 0.3) is 0 Å². The van der Waals surface area contributed by atoms with Gasteiger partial charge in [-0.25, -0.2) is 0 Å². The minimum absolute atomic E-state index is 0.201. The highest BCUT2D eigenvalue weighted by atomic mass is 16.7. The molecule has 0 aromatic carbocycles. The average molecular weight is 997 g/mol. The van der Waals surface area contributed by atoms with Crippen molar-refractivity contribution in [3.05, 3.63) is 97.2 Å². The van der Waals surface area contributed by atoms with Crippen molar-refractivity contribution in [2.24, 2.45) is 0 Å². The lowest BCUT2D eigenvalue weighted by atomic mass is 10.1. The van der Waals surface area contributed by atoms with Crippen LogP contribution in [0.4, 0.5) is 0 Å². The highest BCUT2D eigenvalue weighted by Crippen LogP contribution is 2.12. The van der Waals surface area contributed by atoms with E-state index in [1.165, 1.54) is 6.42 Å². The molecule has 0 rings (SSSR count). The molecule has 71 heavy (non-hydrogen) atoms. The average Bonchev–Trinajstić information content (AvgIpc) is 3.37. The molecule has 10 nitrogen and oxygen atoms in total. The monoisotopic (exact) mass is 996 g/mol. The summed E-state index contributed by atoms with van der Waals surface area (Å²) in [5, 5.41) is 9.37. The van der Waals surface area contributed by atoms with Gasteiger partial charge in [0.15, 0.2) is 12.6 Å². The van der Waals surface area contributed by atoms with E-state index in [2.05, 4.69) is 130 Å². The summed E-state index contributed by atoms with van der Waals surface area (Å²) < 4.78 is 35.3. The maximum atomic E-state index is 12.6. The standard InChI is InChI=1S/C61H105NO9/c1-5-9-13-17-21-25-31-43-57-71-61(70-56-42-30-24-20-16-12-8-4)47-45-59(65)67-53-39-33-27-35-49-62(50-36-37-51-63)48-34-26-32-38-52-66-58(64)44-46-60(68-54-40-28-22-18-14-10-6-2)69-55-41-29-23-19-15-11-7-3/h10-17,22-25,28-31,60-61,63H,5-9,18-21,26-27,32-57H2,1-4H3/b14-10+,15-11+,16-12+,17-13+,28-22+,29-23+,30-24+,31-25+. The molecule has 0 aliphatic heterocycles. The first-order valence-electron chi connectivity index (χ1n) is 28.3. The maximum absolute atomic E-state index is 12.6. The molecule has 0 spiro atoms. The van der Waals surface area contributed by atoms with Crippen LogP contribution in [0.15, 0.2) is 97.2 Å². The minimum Gasteiger partial charge on any atom is -0.466 e. The Bertz CT molecular complexity index is 1370. The molecule has 0 aliphatic carbocycles. The second-order valence-electron chi connectivity index (χ2n) is 17.8. The predicted octanol–water partition coefficient (Wildman–Crippen LogP) is 15.1. The molecule has 1 atom stereocenters. The lowest BCUT2D eigenvalue weighted by Gasteiger charge is -2.22. The van der Waals surface area contributed by atoms with Gasteiger partial charge in [-0.15, -0.1) is 0 Å². The molecule has 0 saturated carbocycles. The Hall–Kier alpha value is -3.38. The van der Waals surface area contributed by atoms with Crippen molar-refractivity contribution in [3.8, 4) is 0 Å². The molecule has 0 aromatic heterocycles. The number of carbonyl (C=O) groups excluding carboxylic acids is 2. The van der Waals surface area contributed by atoms with Gasteiger partial charge >= 0.3 is 11.9 Å². The van der Waals surface area contributed by atoms with Crippen LogP contribution in [0.2, 0.25) is 0 Å². The Labute approximate surface area is 435 Å². The molecule has 0 amide bonds. The summed E-state index contributed by atoms with van der Waals surface area (Å²) in [6.07, 6.45) is 57.5. The Morgan fingerprint density at radius 3 is 1.06 bits per heavy atom. The largest absolute Gasteiger partial charge is 0.466 e. The minimum atomic E-state index is -0.433. The van der Waals surface area contributed by atoms with Gasteiger partial charge in [-0.2, -0.15) is 0 Å². The molecular formula is C61H105NO9. The van der Waals surface area contributed by atoms with E-state index in [1.807, 2.05) is 0 Å². The predicted molar refractivity (Wildman–Crippen MR) is 297 cm³/mol. The van der Waals surface area contributed by atoms with Crippen LogP contribution < -0.4 is 0 Å². The summed E-state index contributed by atoms with van der Waals surface area (Å²) in [7, 11) is 0. The molecule has 408 valence electrons. The number of rotatable bonds is 53. The molecule has 0 radical (unpaired) electrons. The highest BCUT2D eigenvalue weighted by Gasteiger charge is 2.15. The number of carbonyl (C=O) groups is 2. The van der Waals surface area contributed by atoms with E-state index in [-0.39, 0.29) is 31.4 Å². The van der Waals surface area contributed by atoms with Gasteiger partial charge in [0.1, 0.15) is 0 Å². The second kappa shape index (κ2) is 57.5. The summed E-state index contributed by atoms with van der Waals surface area (Å²) in [5.41, 5.74) is 0. The maximum Gasteiger partial charge on any atom is 0.305 e. The van der Waals surface area contributed by atoms with E-state index in [0.29, 0.717) is 52.5 Å². The number of hydrogen-bond donors (Lipinski definition) is 1. The number of hydrogen-bond acceptors (Lipinski definition) is 10. The first-order chi connectivity index (χ1) is 35.0. The molecular weight excluding hydrogens is 891 g/mol. The van der Waals surface area contributed by atoms with E-state index in [4.69, 9.17) is 28.4 Å². The fraction of sp³-hybridized carbons (Fsp3) is 0.705. The van der Waals surface area contributed by atoms with Crippen molar-refractivity contribution >= 4 is 11.9 Å². The number of aliphatic hydroxyl groups excluding tert-OH is 1. The van der Waals surface area contributed by atoms with Crippen LogP contribution in [0, 0.1) is 0 Å². The topological polar surface area (TPSA) is 113 Å². The molecule has 1 unspecified atom stereocenters. The van der Waals surface area contributed by atoms with E-state index in [1.54, 1.807) is 0 Å². The van der Waals surface area contributed by atoms with E-state index < -0.39 is 12.6 Å². The number of unbranched alkanes of at least 4 members (excludes halogenated alkanes) is 8. The van der Waals surface area contributed by atoms with Crippen molar-refractivity contribution in [1.29, 1.82) is 0 Å². The zero-order valence-corrected chi connectivity index (χ0v) is 45.7. The van der Waals surface area contributed by atoms with Gasteiger partial charge < -0.3 is 38.4 Å². The molecule has 10 heteroatoms. The fourth-order valence-electron chi connectivity index (χ4n) is 7.19. The SMILES string of the molecule is CC/C=C/C/C=C/CCOC(CCC(=O)OCCCCCCN(CCCCO)CCCCCCOC(=O)CCC(OCC/C=C/C/C=C/CC)OCC/C=C/C/C=C/CCC)OCC/C=C/C/C=C/CC. The van der Waals surface area contributed by atoms with E-state index >= 15 is 0 Å². The smallest absolute Gasteiger partial charge is 0.305 e. The van der Waals surface area contributed by atoms with Crippen molar-refractivity contribution < 1.29 is 43.1 Å². The Morgan fingerprint density at radius 2 is 0.718 bits per heavy atom. The molecule has 0 aromatic rings. The van der Waals surface area contributed by atoms with Gasteiger partial charge in [-0.1, -0.05) is 157 Å². The van der Waals surface area contributed by atoms with E-state index in [0.717, 1.165) is 161 Å². The Morgan fingerprint density at radius 1 is 0.394 bits per heavy atom. The van der Waals surface area contributed by atoms with Crippen LogP contribution in [0.25, 0.3) is 0 Å². The van der Waals surface area contributed by atoms with Crippen molar-refractivity contribution in [3.63, 3.8) is 0 Å². The normalized spacial score (nSPS) is 13.1. The summed E-state index contributed by atoms with van der Waals surface area (Å²) in [5.74, 6) is -0.403. The Balaban J connectivity index is 4.52. The molecule has 1 N–H and O–H groups in total. The molecule has 0 saturated heterocycles. The van der Waals surface area contributed by atoms with Gasteiger partial charge in [0.05, 0.1) is 52.5 Å². The zero-order valence-electron chi connectivity index (χ0n) is 45.7. The van der Waals surface area contributed by atoms with Crippen molar-refractivity contribution in [1.82, 2.24) is 4.90 Å². The third kappa shape index (κ3) is 52.8. The van der Waals surface area contributed by atoms with Crippen LogP contribution in [-0.4, -0.2) is 100 Å².